The fourth-order valence-electron chi connectivity index (χ4n) is 3.49. The summed E-state index contributed by atoms with van der Waals surface area (Å²) in [6.45, 7) is 4.08. The Hall–Kier alpha value is -3.07. The van der Waals surface area contributed by atoms with Crippen LogP contribution in [0.1, 0.15) is 32.3 Å². The number of rotatable bonds is 13. The number of anilines is 1. The van der Waals surface area contributed by atoms with Crippen LogP contribution < -0.4 is 14.4 Å². The van der Waals surface area contributed by atoms with Crippen molar-refractivity contribution in [3.8, 4) is 5.75 Å². The molecule has 9 heteroatoms. The summed E-state index contributed by atoms with van der Waals surface area (Å²) in [5, 5.41) is 2.87. The van der Waals surface area contributed by atoms with Crippen LogP contribution >= 0.6 is 0 Å². The molecule has 2 amide bonds. The van der Waals surface area contributed by atoms with Gasteiger partial charge in [0.1, 0.15) is 18.3 Å². The van der Waals surface area contributed by atoms with Crippen LogP contribution in [-0.4, -0.2) is 64.2 Å². The van der Waals surface area contributed by atoms with Crippen LogP contribution in [0.15, 0.2) is 54.6 Å². The highest BCUT2D eigenvalue weighted by atomic mass is 32.2. The van der Waals surface area contributed by atoms with Crippen molar-refractivity contribution in [2.75, 3.05) is 37.3 Å². The predicted octanol–water partition coefficient (Wildman–Crippen LogP) is 2.84. The van der Waals surface area contributed by atoms with Crippen molar-refractivity contribution in [1.29, 1.82) is 0 Å². The molecule has 0 aromatic heterocycles. The largest absolute Gasteiger partial charge is 0.497 e. The second-order valence-electron chi connectivity index (χ2n) is 8.11. The van der Waals surface area contributed by atoms with Crippen molar-refractivity contribution in [1.82, 2.24) is 10.2 Å². The molecule has 0 spiro atoms. The molecule has 0 saturated carbocycles. The summed E-state index contributed by atoms with van der Waals surface area (Å²) in [6.07, 6.45) is 3.37. The normalized spacial score (nSPS) is 12.0. The van der Waals surface area contributed by atoms with Crippen molar-refractivity contribution in [3.05, 3.63) is 60.2 Å². The lowest BCUT2D eigenvalue weighted by molar-refractivity contribution is -0.138. The van der Waals surface area contributed by atoms with Crippen LogP contribution in [0.3, 0.4) is 0 Å². The van der Waals surface area contributed by atoms with Gasteiger partial charge in [0, 0.05) is 19.2 Å². The zero-order valence-corrected chi connectivity index (χ0v) is 21.2. The molecule has 186 valence electrons. The van der Waals surface area contributed by atoms with E-state index in [-0.39, 0.29) is 12.5 Å². The maximum Gasteiger partial charge on any atom is 0.244 e. The maximum atomic E-state index is 13.4. The number of carbonyl (C=O) groups excluding carboxylic acids is 2. The zero-order valence-electron chi connectivity index (χ0n) is 20.4. The molecule has 8 nitrogen and oxygen atoms in total. The summed E-state index contributed by atoms with van der Waals surface area (Å²) in [4.78, 5) is 27.6. The van der Waals surface area contributed by atoms with Crippen LogP contribution in [-0.2, 0) is 26.0 Å². The molecule has 2 aromatic carbocycles. The molecule has 2 aromatic rings. The number of benzene rings is 2. The van der Waals surface area contributed by atoms with Gasteiger partial charge in [-0.15, -0.1) is 0 Å². The van der Waals surface area contributed by atoms with Gasteiger partial charge in [0.05, 0.1) is 19.1 Å². The summed E-state index contributed by atoms with van der Waals surface area (Å²) in [6, 6.07) is 15.4. The smallest absolute Gasteiger partial charge is 0.244 e. The molecule has 0 aliphatic heterocycles. The molecule has 0 fully saturated rings. The van der Waals surface area contributed by atoms with Crippen LogP contribution in [0.4, 0.5) is 5.69 Å². The standard InChI is InChI=1S/C25H35N3O5S/c1-5-6-16-26-25(30)20(2)27(17-15-21-11-8-7-9-12-21)24(29)19-28(34(4,31)32)22-13-10-14-23(18-22)33-3/h7-14,18,20H,5-6,15-17,19H2,1-4H3,(H,26,30). The lowest BCUT2D eigenvalue weighted by Gasteiger charge is -2.31. The van der Waals surface area contributed by atoms with Crippen molar-refractivity contribution >= 4 is 27.5 Å². The van der Waals surface area contributed by atoms with Crippen LogP contribution in [0.2, 0.25) is 0 Å². The summed E-state index contributed by atoms with van der Waals surface area (Å²) < 4.78 is 31.4. The number of unbranched alkanes of at least 4 members (excludes halogenated alkanes) is 1. The maximum absolute atomic E-state index is 13.4. The van der Waals surface area contributed by atoms with Gasteiger partial charge < -0.3 is 15.0 Å². The zero-order chi connectivity index (χ0) is 25.1. The highest BCUT2D eigenvalue weighted by Crippen LogP contribution is 2.23. The van der Waals surface area contributed by atoms with E-state index < -0.39 is 28.5 Å². The summed E-state index contributed by atoms with van der Waals surface area (Å²) in [5.41, 5.74) is 1.34. The van der Waals surface area contributed by atoms with Crippen molar-refractivity contribution in [3.63, 3.8) is 0 Å². The quantitative estimate of drug-likeness (QED) is 0.437. The number of sulfonamides is 1. The molecule has 34 heavy (non-hydrogen) atoms. The number of hydrogen-bond donors (Lipinski definition) is 1. The van der Waals surface area contributed by atoms with Gasteiger partial charge in [-0.1, -0.05) is 49.7 Å². The van der Waals surface area contributed by atoms with E-state index in [0.29, 0.717) is 24.4 Å². The average Bonchev–Trinajstić information content (AvgIpc) is 2.82. The molecule has 0 aliphatic rings. The molecule has 0 aliphatic carbocycles. The van der Waals surface area contributed by atoms with Gasteiger partial charge in [-0.2, -0.15) is 0 Å². The first-order valence-electron chi connectivity index (χ1n) is 11.4. The molecule has 1 N–H and O–H groups in total. The van der Waals surface area contributed by atoms with E-state index in [1.54, 1.807) is 31.2 Å². The molecule has 2 rings (SSSR count). The van der Waals surface area contributed by atoms with E-state index >= 15 is 0 Å². The molecular formula is C25H35N3O5S. The Bertz CT molecular complexity index is 1040. The first-order valence-corrected chi connectivity index (χ1v) is 13.2. The molecule has 1 unspecified atom stereocenters. The Morgan fingerprint density at radius 3 is 2.41 bits per heavy atom. The Balaban J connectivity index is 2.28. The summed E-state index contributed by atoms with van der Waals surface area (Å²) in [5.74, 6) is -0.243. The molecule has 0 radical (unpaired) electrons. The fourth-order valence-corrected chi connectivity index (χ4v) is 4.33. The third-order valence-corrected chi connectivity index (χ3v) is 6.64. The van der Waals surface area contributed by atoms with Crippen LogP contribution in [0.25, 0.3) is 0 Å². The average molecular weight is 490 g/mol. The third-order valence-electron chi connectivity index (χ3n) is 5.50. The van der Waals surface area contributed by atoms with E-state index in [4.69, 9.17) is 4.74 Å². The first-order chi connectivity index (χ1) is 16.2. The number of amides is 2. The third kappa shape index (κ3) is 8.06. The van der Waals surface area contributed by atoms with E-state index in [9.17, 15) is 18.0 Å². The molecule has 0 heterocycles. The lowest BCUT2D eigenvalue weighted by Crippen LogP contribution is -2.52. The van der Waals surface area contributed by atoms with Gasteiger partial charge in [0.15, 0.2) is 0 Å². The second-order valence-corrected chi connectivity index (χ2v) is 10.0. The van der Waals surface area contributed by atoms with Crippen LogP contribution in [0, 0.1) is 0 Å². The second kappa shape index (κ2) is 13.0. The minimum absolute atomic E-state index is 0.262. The van der Waals surface area contributed by atoms with Gasteiger partial charge in [-0.05, 0) is 37.5 Å². The minimum Gasteiger partial charge on any atom is -0.497 e. The molecule has 0 saturated heterocycles. The van der Waals surface area contributed by atoms with Crippen molar-refractivity contribution in [2.45, 2.75) is 39.2 Å². The number of methoxy groups -OCH3 is 1. The van der Waals surface area contributed by atoms with E-state index in [1.165, 1.54) is 12.0 Å². The van der Waals surface area contributed by atoms with E-state index in [1.807, 2.05) is 37.3 Å². The Labute approximate surface area is 202 Å². The van der Waals surface area contributed by atoms with E-state index in [0.717, 1.165) is 29.0 Å². The molecular weight excluding hydrogens is 454 g/mol. The number of ether oxygens (including phenoxy) is 1. The summed E-state index contributed by atoms with van der Waals surface area (Å²) in [7, 11) is -2.29. The Kier molecular flexibility index (Phi) is 10.4. The highest BCUT2D eigenvalue weighted by Gasteiger charge is 2.29. The van der Waals surface area contributed by atoms with Crippen LogP contribution in [0.5, 0.6) is 5.75 Å². The minimum atomic E-state index is -3.77. The Morgan fingerprint density at radius 2 is 1.79 bits per heavy atom. The lowest BCUT2D eigenvalue weighted by atomic mass is 10.1. The van der Waals surface area contributed by atoms with Gasteiger partial charge in [-0.25, -0.2) is 8.42 Å². The highest BCUT2D eigenvalue weighted by molar-refractivity contribution is 7.92. The monoisotopic (exact) mass is 489 g/mol. The number of hydrogen-bond acceptors (Lipinski definition) is 5. The fraction of sp³-hybridized carbons (Fsp3) is 0.440. The van der Waals surface area contributed by atoms with E-state index in [2.05, 4.69) is 5.32 Å². The van der Waals surface area contributed by atoms with Gasteiger partial charge in [0.2, 0.25) is 21.8 Å². The molecule has 1 atom stereocenters. The van der Waals surface area contributed by atoms with Gasteiger partial charge in [-0.3, -0.25) is 13.9 Å². The molecule has 0 bridgehead atoms. The summed E-state index contributed by atoms with van der Waals surface area (Å²) >= 11 is 0. The van der Waals surface area contributed by atoms with Gasteiger partial charge >= 0.3 is 0 Å². The van der Waals surface area contributed by atoms with Crippen molar-refractivity contribution < 1.29 is 22.7 Å². The number of nitrogens with one attached hydrogen (secondary N) is 1. The first kappa shape index (κ1) is 27.2. The number of nitrogens with zero attached hydrogens (tertiary/aromatic N) is 2. The Morgan fingerprint density at radius 1 is 1.09 bits per heavy atom. The van der Waals surface area contributed by atoms with Crippen molar-refractivity contribution in [2.24, 2.45) is 0 Å². The number of carbonyl (C=O) groups is 2. The topological polar surface area (TPSA) is 96.0 Å². The SMILES string of the molecule is CCCCNC(=O)C(C)N(CCc1ccccc1)C(=O)CN(c1cccc(OC)c1)S(C)(=O)=O. The van der Waals surface area contributed by atoms with Gasteiger partial charge in [0.25, 0.3) is 0 Å². The predicted molar refractivity (Wildman–Crippen MR) is 134 cm³/mol.